The minimum absolute atomic E-state index is 0.0285. The zero-order valence-corrected chi connectivity index (χ0v) is 15.9. The standard InChI is InChI=1S/C17H20N4O4.C2H6/c1-19-7-8-21-14(17(19)25)15(23)13(18-21)16(24)20(9-10-22)11-12-5-3-2-4-6-12;1-2/h2-6,22-23H,7-11H2,1H3;1-2H3. The summed E-state index contributed by atoms with van der Waals surface area (Å²) in [4.78, 5) is 27.9. The fraction of sp³-hybridized carbons (Fsp3) is 0.421. The quantitative estimate of drug-likeness (QED) is 0.823. The molecule has 0 unspecified atom stereocenters. The lowest BCUT2D eigenvalue weighted by Crippen LogP contribution is -2.37. The monoisotopic (exact) mass is 374 g/mol. The summed E-state index contributed by atoms with van der Waals surface area (Å²) in [6.45, 7) is 5.04. The Morgan fingerprint density at radius 1 is 1.22 bits per heavy atom. The third kappa shape index (κ3) is 4.28. The molecule has 0 bridgehead atoms. The Hall–Kier alpha value is -2.87. The lowest BCUT2D eigenvalue weighted by atomic mass is 10.2. The van der Waals surface area contributed by atoms with Crippen molar-refractivity contribution in [2.45, 2.75) is 26.9 Å². The first-order valence-electron chi connectivity index (χ1n) is 9.02. The first-order chi connectivity index (χ1) is 13.0. The zero-order valence-electron chi connectivity index (χ0n) is 15.9. The second-order valence-electron chi connectivity index (χ2n) is 5.93. The highest BCUT2D eigenvalue weighted by Gasteiger charge is 2.33. The molecule has 146 valence electrons. The van der Waals surface area contributed by atoms with E-state index in [-0.39, 0.29) is 37.0 Å². The van der Waals surface area contributed by atoms with Crippen LogP contribution < -0.4 is 0 Å². The topological polar surface area (TPSA) is 98.9 Å². The molecule has 8 heteroatoms. The van der Waals surface area contributed by atoms with Gasteiger partial charge >= 0.3 is 0 Å². The van der Waals surface area contributed by atoms with E-state index in [2.05, 4.69) is 5.10 Å². The van der Waals surface area contributed by atoms with E-state index in [1.807, 2.05) is 44.2 Å². The van der Waals surface area contributed by atoms with E-state index < -0.39 is 11.7 Å². The van der Waals surface area contributed by atoms with E-state index in [1.54, 1.807) is 7.05 Å². The molecule has 0 aliphatic carbocycles. The van der Waals surface area contributed by atoms with E-state index in [9.17, 15) is 19.8 Å². The van der Waals surface area contributed by atoms with Crippen molar-refractivity contribution < 1.29 is 19.8 Å². The molecule has 0 saturated heterocycles. The third-order valence-electron chi connectivity index (χ3n) is 4.20. The van der Waals surface area contributed by atoms with Crippen LogP contribution >= 0.6 is 0 Å². The molecule has 1 aromatic carbocycles. The fourth-order valence-electron chi connectivity index (χ4n) is 2.82. The van der Waals surface area contributed by atoms with Crippen molar-refractivity contribution in [3.63, 3.8) is 0 Å². The van der Waals surface area contributed by atoms with Gasteiger partial charge in [-0.3, -0.25) is 14.3 Å². The van der Waals surface area contributed by atoms with Gasteiger partial charge < -0.3 is 20.0 Å². The number of aromatic nitrogens is 2. The van der Waals surface area contributed by atoms with Gasteiger partial charge in [-0.15, -0.1) is 0 Å². The lowest BCUT2D eigenvalue weighted by Gasteiger charge is -2.22. The molecular weight excluding hydrogens is 348 g/mol. The number of rotatable bonds is 5. The van der Waals surface area contributed by atoms with Crippen LogP contribution in [-0.2, 0) is 13.1 Å². The van der Waals surface area contributed by atoms with Crippen LogP contribution in [0.1, 0.15) is 40.4 Å². The fourth-order valence-corrected chi connectivity index (χ4v) is 2.82. The molecule has 0 radical (unpaired) electrons. The zero-order chi connectivity index (χ0) is 20.0. The maximum atomic E-state index is 12.8. The Labute approximate surface area is 158 Å². The average molecular weight is 374 g/mol. The van der Waals surface area contributed by atoms with E-state index in [4.69, 9.17) is 0 Å². The van der Waals surface area contributed by atoms with Crippen molar-refractivity contribution in [1.82, 2.24) is 19.6 Å². The van der Waals surface area contributed by atoms with Crippen LogP contribution in [0.4, 0.5) is 0 Å². The molecule has 1 aliphatic rings. The van der Waals surface area contributed by atoms with E-state index >= 15 is 0 Å². The van der Waals surface area contributed by atoms with Gasteiger partial charge in [0.1, 0.15) is 0 Å². The highest BCUT2D eigenvalue weighted by atomic mass is 16.3. The predicted molar refractivity (Wildman–Crippen MR) is 100 cm³/mol. The molecule has 3 rings (SSSR count). The molecule has 1 aliphatic heterocycles. The highest BCUT2D eigenvalue weighted by Crippen LogP contribution is 2.27. The van der Waals surface area contributed by atoms with Crippen molar-refractivity contribution in [3.8, 4) is 5.75 Å². The summed E-state index contributed by atoms with van der Waals surface area (Å²) in [5, 5.41) is 23.8. The number of carbonyl (C=O) groups is 2. The number of aromatic hydroxyl groups is 1. The number of hydrogen-bond donors (Lipinski definition) is 2. The summed E-state index contributed by atoms with van der Waals surface area (Å²) in [6, 6.07) is 9.33. The Kier molecular flexibility index (Phi) is 6.95. The molecule has 2 aromatic rings. The number of amides is 2. The van der Waals surface area contributed by atoms with Gasteiger partial charge in [0, 0.05) is 26.7 Å². The molecule has 0 spiro atoms. The molecular formula is C19H26N4O4. The smallest absolute Gasteiger partial charge is 0.278 e. The maximum absolute atomic E-state index is 12.8. The minimum atomic E-state index is -0.521. The first-order valence-corrected chi connectivity index (χ1v) is 9.02. The normalized spacial score (nSPS) is 12.9. The summed E-state index contributed by atoms with van der Waals surface area (Å²) >= 11 is 0. The number of likely N-dealkylation sites (N-methyl/N-ethyl adjacent to an activating group) is 1. The summed E-state index contributed by atoms with van der Waals surface area (Å²) in [5.74, 6) is -1.29. The van der Waals surface area contributed by atoms with Crippen LogP contribution in [0.3, 0.4) is 0 Å². The number of benzene rings is 1. The molecule has 0 atom stereocenters. The van der Waals surface area contributed by atoms with E-state index in [1.165, 1.54) is 14.5 Å². The number of nitrogens with zero attached hydrogens (tertiary/aromatic N) is 4. The molecule has 8 nitrogen and oxygen atoms in total. The minimum Gasteiger partial charge on any atom is -0.504 e. The molecule has 0 fully saturated rings. The van der Waals surface area contributed by atoms with Gasteiger partial charge in [-0.2, -0.15) is 5.10 Å². The van der Waals surface area contributed by atoms with Gasteiger partial charge in [0.25, 0.3) is 11.8 Å². The molecule has 27 heavy (non-hydrogen) atoms. The second kappa shape index (κ2) is 9.18. The van der Waals surface area contributed by atoms with Crippen LogP contribution in [0.2, 0.25) is 0 Å². The van der Waals surface area contributed by atoms with Crippen LogP contribution in [0.25, 0.3) is 0 Å². The van der Waals surface area contributed by atoms with Crippen LogP contribution in [0.15, 0.2) is 30.3 Å². The van der Waals surface area contributed by atoms with Crippen molar-refractivity contribution in [2.24, 2.45) is 0 Å². The molecule has 2 heterocycles. The Balaban J connectivity index is 0.00000126. The molecule has 2 amide bonds. The number of fused-ring (bicyclic) bond motifs is 1. The van der Waals surface area contributed by atoms with E-state index in [0.29, 0.717) is 13.1 Å². The number of aliphatic hydroxyl groups is 1. The largest absolute Gasteiger partial charge is 0.504 e. The van der Waals surface area contributed by atoms with Crippen molar-refractivity contribution >= 4 is 11.8 Å². The van der Waals surface area contributed by atoms with Gasteiger partial charge in [0.2, 0.25) is 0 Å². The van der Waals surface area contributed by atoms with Crippen LogP contribution in [0.5, 0.6) is 5.75 Å². The van der Waals surface area contributed by atoms with Gasteiger partial charge in [0.15, 0.2) is 17.1 Å². The summed E-state index contributed by atoms with van der Waals surface area (Å²) < 4.78 is 1.37. The van der Waals surface area contributed by atoms with Crippen LogP contribution in [-0.4, -0.2) is 68.4 Å². The van der Waals surface area contributed by atoms with E-state index in [0.717, 1.165) is 5.56 Å². The highest BCUT2D eigenvalue weighted by molar-refractivity contribution is 6.02. The van der Waals surface area contributed by atoms with Gasteiger partial charge in [-0.25, -0.2) is 0 Å². The number of aliphatic hydroxyl groups excluding tert-OH is 1. The Morgan fingerprint density at radius 2 is 1.89 bits per heavy atom. The molecule has 0 saturated carbocycles. The van der Waals surface area contributed by atoms with Crippen molar-refractivity contribution in [3.05, 3.63) is 47.3 Å². The predicted octanol–water partition coefficient (Wildman–Crippen LogP) is 1.34. The molecule has 2 N–H and O–H groups in total. The van der Waals surface area contributed by atoms with Gasteiger partial charge in [-0.1, -0.05) is 44.2 Å². The Bertz CT molecular complexity index is 789. The summed E-state index contributed by atoms with van der Waals surface area (Å²) in [7, 11) is 1.63. The number of carbonyl (C=O) groups excluding carboxylic acids is 2. The second-order valence-corrected chi connectivity index (χ2v) is 5.93. The summed E-state index contributed by atoms with van der Waals surface area (Å²) in [6.07, 6.45) is 0. The van der Waals surface area contributed by atoms with Crippen molar-refractivity contribution in [2.75, 3.05) is 26.7 Å². The lowest BCUT2D eigenvalue weighted by molar-refractivity contribution is 0.0696. The van der Waals surface area contributed by atoms with Gasteiger partial charge in [-0.05, 0) is 5.56 Å². The van der Waals surface area contributed by atoms with Crippen molar-refractivity contribution in [1.29, 1.82) is 0 Å². The third-order valence-corrected chi connectivity index (χ3v) is 4.20. The maximum Gasteiger partial charge on any atom is 0.278 e. The van der Waals surface area contributed by atoms with Crippen LogP contribution in [0, 0.1) is 0 Å². The SMILES string of the molecule is CC.CN1CCn2nc(C(=O)N(CCO)Cc3ccccc3)c(O)c2C1=O. The first kappa shape index (κ1) is 20.4. The summed E-state index contributed by atoms with van der Waals surface area (Å²) in [5.41, 5.74) is 0.757. The van der Waals surface area contributed by atoms with Gasteiger partial charge in [0.05, 0.1) is 13.2 Å². The number of hydrogen-bond acceptors (Lipinski definition) is 5. The molecule has 1 aromatic heterocycles. The average Bonchev–Trinajstić information content (AvgIpc) is 3.03. The Morgan fingerprint density at radius 3 is 2.52 bits per heavy atom.